The number of carboxylic acids is 1. The van der Waals surface area contributed by atoms with E-state index >= 15 is 0 Å². The molecule has 102 valence electrons. The Hall–Kier alpha value is -2.04. The van der Waals surface area contributed by atoms with Gasteiger partial charge in [-0.3, -0.25) is 9.59 Å². The Balaban J connectivity index is 1.82. The van der Waals surface area contributed by atoms with Gasteiger partial charge in [0.25, 0.3) is 0 Å². The lowest BCUT2D eigenvalue weighted by molar-refractivity contribution is -0.141. The van der Waals surface area contributed by atoms with Crippen LogP contribution >= 0.6 is 0 Å². The number of hydrogen-bond donors (Lipinski definition) is 3. The Morgan fingerprint density at radius 1 is 1.21 bits per heavy atom. The van der Waals surface area contributed by atoms with Crippen LogP contribution in [0.2, 0.25) is 0 Å². The van der Waals surface area contributed by atoms with Crippen LogP contribution in [0, 0.1) is 5.92 Å². The molecular formula is C14H17NO4. The van der Waals surface area contributed by atoms with Crippen molar-refractivity contribution in [3.05, 3.63) is 29.8 Å². The molecule has 2 atom stereocenters. The highest BCUT2D eigenvalue weighted by Gasteiger charge is 2.30. The van der Waals surface area contributed by atoms with Gasteiger partial charge in [0.15, 0.2) is 0 Å². The SMILES string of the molecule is O=C(Cc1ccc(O)cc1)N[C@H]1CC[C@@H](C(=O)O)C1. The first-order valence-corrected chi connectivity index (χ1v) is 6.34. The quantitative estimate of drug-likeness (QED) is 0.764. The number of aliphatic carboxylic acids is 1. The molecule has 1 fully saturated rings. The monoisotopic (exact) mass is 263 g/mol. The fourth-order valence-electron chi connectivity index (χ4n) is 2.41. The molecule has 1 aliphatic rings. The Kier molecular flexibility index (Phi) is 4.04. The van der Waals surface area contributed by atoms with Gasteiger partial charge >= 0.3 is 5.97 Å². The maximum absolute atomic E-state index is 11.8. The van der Waals surface area contributed by atoms with Crippen molar-refractivity contribution in [2.24, 2.45) is 5.92 Å². The molecule has 1 aromatic rings. The van der Waals surface area contributed by atoms with Crippen LogP contribution in [-0.2, 0) is 16.0 Å². The van der Waals surface area contributed by atoms with Gasteiger partial charge in [-0.25, -0.2) is 0 Å². The Morgan fingerprint density at radius 3 is 2.47 bits per heavy atom. The third-order valence-electron chi connectivity index (χ3n) is 3.45. The third-order valence-corrected chi connectivity index (χ3v) is 3.45. The number of phenols is 1. The van der Waals surface area contributed by atoms with Gasteiger partial charge in [0, 0.05) is 6.04 Å². The molecule has 1 aliphatic carbocycles. The number of carbonyl (C=O) groups excluding carboxylic acids is 1. The van der Waals surface area contributed by atoms with Gasteiger partial charge < -0.3 is 15.5 Å². The first kappa shape index (κ1) is 13.4. The molecule has 0 spiro atoms. The van der Waals surface area contributed by atoms with Crippen LogP contribution in [0.1, 0.15) is 24.8 Å². The van der Waals surface area contributed by atoms with E-state index in [0.717, 1.165) is 12.0 Å². The minimum atomic E-state index is -0.782. The standard InChI is InChI=1S/C14H17NO4/c16-12-5-1-9(2-6-12)7-13(17)15-11-4-3-10(8-11)14(18)19/h1-2,5-6,10-11,16H,3-4,7-8H2,(H,15,17)(H,18,19)/t10-,11+/m1/s1. The number of phenolic OH excluding ortho intramolecular Hbond substituents is 1. The second-order valence-electron chi connectivity index (χ2n) is 4.96. The Labute approximate surface area is 111 Å². The van der Waals surface area contributed by atoms with Crippen LogP contribution in [0.25, 0.3) is 0 Å². The van der Waals surface area contributed by atoms with Crippen LogP contribution in [0.3, 0.4) is 0 Å². The normalized spacial score (nSPS) is 22.1. The van der Waals surface area contributed by atoms with E-state index in [0.29, 0.717) is 12.8 Å². The van der Waals surface area contributed by atoms with Crippen molar-refractivity contribution in [1.29, 1.82) is 0 Å². The average molecular weight is 263 g/mol. The van der Waals surface area contributed by atoms with E-state index in [-0.39, 0.29) is 30.0 Å². The van der Waals surface area contributed by atoms with Crippen molar-refractivity contribution >= 4 is 11.9 Å². The summed E-state index contributed by atoms with van der Waals surface area (Å²) in [6.45, 7) is 0. The van der Waals surface area contributed by atoms with Gasteiger partial charge in [0.1, 0.15) is 5.75 Å². The lowest BCUT2D eigenvalue weighted by Gasteiger charge is -2.12. The molecule has 1 saturated carbocycles. The van der Waals surface area contributed by atoms with E-state index in [1.54, 1.807) is 24.3 Å². The summed E-state index contributed by atoms with van der Waals surface area (Å²) in [5.74, 6) is -1.06. The predicted molar refractivity (Wildman–Crippen MR) is 68.7 cm³/mol. The highest BCUT2D eigenvalue weighted by atomic mass is 16.4. The fourth-order valence-corrected chi connectivity index (χ4v) is 2.41. The summed E-state index contributed by atoms with van der Waals surface area (Å²) < 4.78 is 0. The topological polar surface area (TPSA) is 86.6 Å². The zero-order valence-electron chi connectivity index (χ0n) is 10.5. The van der Waals surface area contributed by atoms with E-state index in [2.05, 4.69) is 5.32 Å². The Morgan fingerprint density at radius 2 is 1.89 bits per heavy atom. The summed E-state index contributed by atoms with van der Waals surface area (Å²) in [4.78, 5) is 22.6. The third kappa shape index (κ3) is 3.71. The van der Waals surface area contributed by atoms with Gasteiger partial charge in [-0.15, -0.1) is 0 Å². The summed E-state index contributed by atoms with van der Waals surface area (Å²) in [6.07, 6.45) is 2.10. The van der Waals surface area contributed by atoms with Crippen LogP contribution in [0.4, 0.5) is 0 Å². The molecule has 0 bridgehead atoms. The number of nitrogens with one attached hydrogen (secondary N) is 1. The minimum absolute atomic E-state index is 0.0364. The van der Waals surface area contributed by atoms with Crippen molar-refractivity contribution in [3.63, 3.8) is 0 Å². The van der Waals surface area contributed by atoms with Crippen molar-refractivity contribution in [1.82, 2.24) is 5.32 Å². The number of hydrogen-bond acceptors (Lipinski definition) is 3. The molecule has 5 nitrogen and oxygen atoms in total. The lowest BCUT2D eigenvalue weighted by atomic mass is 10.1. The smallest absolute Gasteiger partial charge is 0.306 e. The average Bonchev–Trinajstić information content (AvgIpc) is 2.80. The highest BCUT2D eigenvalue weighted by molar-refractivity contribution is 5.79. The molecule has 3 N–H and O–H groups in total. The van der Waals surface area contributed by atoms with Gasteiger partial charge in [-0.05, 0) is 37.0 Å². The molecule has 0 aliphatic heterocycles. The summed E-state index contributed by atoms with van der Waals surface area (Å²) >= 11 is 0. The van der Waals surface area contributed by atoms with Crippen molar-refractivity contribution < 1.29 is 19.8 Å². The Bertz CT molecular complexity index is 469. The van der Waals surface area contributed by atoms with E-state index in [9.17, 15) is 9.59 Å². The second-order valence-corrected chi connectivity index (χ2v) is 4.96. The summed E-state index contributed by atoms with van der Waals surface area (Å²) in [5.41, 5.74) is 0.822. The summed E-state index contributed by atoms with van der Waals surface area (Å²) in [5, 5.41) is 20.9. The van der Waals surface area contributed by atoms with Gasteiger partial charge in [0.05, 0.1) is 12.3 Å². The first-order valence-electron chi connectivity index (χ1n) is 6.34. The number of aromatic hydroxyl groups is 1. The van der Waals surface area contributed by atoms with Crippen LogP contribution in [0.15, 0.2) is 24.3 Å². The molecule has 0 unspecified atom stereocenters. The molecule has 0 radical (unpaired) electrons. The maximum Gasteiger partial charge on any atom is 0.306 e. The molecule has 0 aromatic heterocycles. The molecule has 2 rings (SSSR count). The van der Waals surface area contributed by atoms with E-state index < -0.39 is 5.97 Å². The highest BCUT2D eigenvalue weighted by Crippen LogP contribution is 2.25. The molecule has 19 heavy (non-hydrogen) atoms. The number of benzene rings is 1. The second kappa shape index (κ2) is 5.73. The van der Waals surface area contributed by atoms with Crippen LogP contribution in [-0.4, -0.2) is 28.1 Å². The maximum atomic E-state index is 11.8. The fraction of sp³-hybridized carbons (Fsp3) is 0.429. The molecule has 1 aromatic carbocycles. The molecule has 0 heterocycles. The van der Waals surface area contributed by atoms with Crippen molar-refractivity contribution in [3.8, 4) is 5.75 Å². The zero-order valence-corrected chi connectivity index (χ0v) is 10.5. The largest absolute Gasteiger partial charge is 0.508 e. The molecular weight excluding hydrogens is 246 g/mol. The van der Waals surface area contributed by atoms with Crippen molar-refractivity contribution in [2.45, 2.75) is 31.7 Å². The zero-order chi connectivity index (χ0) is 13.8. The minimum Gasteiger partial charge on any atom is -0.508 e. The summed E-state index contributed by atoms with van der Waals surface area (Å²) in [7, 11) is 0. The van der Waals surface area contributed by atoms with E-state index in [1.807, 2.05) is 0 Å². The first-order chi connectivity index (χ1) is 9.04. The van der Waals surface area contributed by atoms with Crippen LogP contribution < -0.4 is 5.32 Å². The van der Waals surface area contributed by atoms with E-state index in [1.165, 1.54) is 0 Å². The van der Waals surface area contributed by atoms with Gasteiger partial charge in [-0.2, -0.15) is 0 Å². The number of rotatable bonds is 4. The number of carbonyl (C=O) groups is 2. The number of carboxylic acid groups (broad SMARTS) is 1. The van der Waals surface area contributed by atoms with Gasteiger partial charge in [0.2, 0.25) is 5.91 Å². The van der Waals surface area contributed by atoms with E-state index in [4.69, 9.17) is 10.2 Å². The molecule has 0 saturated heterocycles. The predicted octanol–water partition coefficient (Wildman–Crippen LogP) is 1.30. The van der Waals surface area contributed by atoms with Crippen molar-refractivity contribution in [2.75, 3.05) is 0 Å². The summed E-state index contributed by atoms with van der Waals surface area (Å²) in [6, 6.07) is 6.44. The van der Waals surface area contributed by atoms with Gasteiger partial charge in [-0.1, -0.05) is 12.1 Å². The molecule has 1 amide bonds. The molecule has 5 heteroatoms. The number of amides is 1. The van der Waals surface area contributed by atoms with Crippen LogP contribution in [0.5, 0.6) is 5.75 Å². The lowest BCUT2D eigenvalue weighted by Crippen LogP contribution is -2.34.